The summed E-state index contributed by atoms with van der Waals surface area (Å²) in [5.41, 5.74) is 1.19. The molecule has 0 saturated carbocycles. The highest BCUT2D eigenvalue weighted by Gasteiger charge is 2.30. The topological polar surface area (TPSA) is 62.2 Å². The van der Waals surface area contributed by atoms with Crippen molar-refractivity contribution in [3.63, 3.8) is 0 Å². The van der Waals surface area contributed by atoms with Crippen molar-refractivity contribution < 1.29 is 18.0 Å². The number of anilines is 1. The van der Waals surface area contributed by atoms with E-state index >= 15 is 0 Å². The van der Waals surface area contributed by atoms with Crippen molar-refractivity contribution in [2.75, 3.05) is 31.1 Å². The van der Waals surface area contributed by atoms with Crippen molar-refractivity contribution in [3.8, 4) is 22.5 Å². The van der Waals surface area contributed by atoms with Crippen molar-refractivity contribution in [3.05, 3.63) is 59.5 Å². The summed E-state index contributed by atoms with van der Waals surface area (Å²) in [7, 11) is 0. The Balaban J connectivity index is 1.74. The van der Waals surface area contributed by atoms with E-state index in [2.05, 4.69) is 9.97 Å². The molecule has 0 atom stereocenters. The Hall–Kier alpha value is -3.20. The fourth-order valence-corrected chi connectivity index (χ4v) is 3.77. The molecule has 6 nitrogen and oxygen atoms in total. The van der Waals surface area contributed by atoms with E-state index in [1.807, 2.05) is 4.90 Å². The molecule has 10 heteroatoms. The molecule has 3 heterocycles. The second-order valence-electron chi connectivity index (χ2n) is 7.35. The molecule has 0 aliphatic carbocycles. The Morgan fingerprint density at radius 2 is 1.69 bits per heavy atom. The molecule has 1 aromatic carbocycles. The van der Waals surface area contributed by atoms with E-state index in [1.54, 1.807) is 23.4 Å². The van der Waals surface area contributed by atoms with Crippen LogP contribution in [0.5, 0.6) is 0 Å². The molecule has 1 amide bonds. The van der Waals surface area contributed by atoms with Gasteiger partial charge in [-0.05, 0) is 18.2 Å². The van der Waals surface area contributed by atoms with Crippen LogP contribution in [0.2, 0.25) is 5.02 Å². The molecule has 0 N–H and O–H groups in total. The summed E-state index contributed by atoms with van der Waals surface area (Å²) in [4.78, 5) is 28.7. The number of alkyl halides is 3. The molecule has 2 aromatic heterocycles. The standard InChI is InChI=1S/C22H19ClF3N5O/c1-14(32)30-8-10-31(11-9-30)19-13-28-20(15-2-4-16(5-3-15)22(24,25)26)21(29-19)17-6-7-27-12-18(17)23/h2-7,12-13H,8-11H2,1H3. The van der Waals surface area contributed by atoms with Gasteiger partial charge in [-0.3, -0.25) is 14.8 Å². The molecular weight excluding hydrogens is 443 g/mol. The Morgan fingerprint density at radius 1 is 1.00 bits per heavy atom. The summed E-state index contributed by atoms with van der Waals surface area (Å²) in [6, 6.07) is 6.47. The lowest BCUT2D eigenvalue weighted by atomic mass is 10.0. The lowest BCUT2D eigenvalue weighted by molar-refractivity contribution is -0.137. The van der Waals surface area contributed by atoms with Gasteiger partial charge in [0.25, 0.3) is 0 Å². The number of hydrogen-bond acceptors (Lipinski definition) is 5. The highest BCUT2D eigenvalue weighted by Crippen LogP contribution is 2.36. The van der Waals surface area contributed by atoms with E-state index in [9.17, 15) is 18.0 Å². The van der Waals surface area contributed by atoms with Gasteiger partial charge in [0.15, 0.2) is 0 Å². The SMILES string of the molecule is CC(=O)N1CCN(c2cnc(-c3ccc(C(F)(F)F)cc3)c(-c3ccncc3Cl)n2)CC1. The highest BCUT2D eigenvalue weighted by molar-refractivity contribution is 6.33. The molecule has 3 aromatic rings. The second kappa shape index (κ2) is 8.74. The number of carbonyl (C=O) groups is 1. The van der Waals surface area contributed by atoms with Crippen LogP contribution in [-0.4, -0.2) is 51.9 Å². The molecule has 1 aliphatic rings. The van der Waals surface area contributed by atoms with Crippen molar-refractivity contribution >= 4 is 23.3 Å². The van der Waals surface area contributed by atoms with Gasteiger partial charge in [-0.2, -0.15) is 13.2 Å². The number of nitrogens with zero attached hydrogens (tertiary/aromatic N) is 5. The first kappa shape index (κ1) is 22.0. The van der Waals surface area contributed by atoms with E-state index in [0.29, 0.717) is 59.5 Å². The van der Waals surface area contributed by atoms with Gasteiger partial charge in [0, 0.05) is 56.6 Å². The average molecular weight is 462 g/mol. The smallest absolute Gasteiger partial charge is 0.352 e. The molecule has 166 valence electrons. The molecule has 0 radical (unpaired) electrons. The molecule has 0 spiro atoms. The van der Waals surface area contributed by atoms with Gasteiger partial charge in [0.1, 0.15) is 11.5 Å². The van der Waals surface area contributed by atoms with E-state index in [-0.39, 0.29) is 5.91 Å². The van der Waals surface area contributed by atoms with Crippen molar-refractivity contribution in [2.24, 2.45) is 0 Å². The maximum absolute atomic E-state index is 13.0. The third-order valence-electron chi connectivity index (χ3n) is 5.32. The van der Waals surface area contributed by atoms with Gasteiger partial charge in [0.05, 0.1) is 22.5 Å². The Morgan fingerprint density at radius 3 is 2.28 bits per heavy atom. The van der Waals surface area contributed by atoms with Gasteiger partial charge < -0.3 is 9.80 Å². The van der Waals surface area contributed by atoms with Gasteiger partial charge in [-0.25, -0.2) is 4.98 Å². The fourth-order valence-electron chi connectivity index (χ4n) is 3.57. The van der Waals surface area contributed by atoms with Gasteiger partial charge in [-0.1, -0.05) is 23.7 Å². The summed E-state index contributed by atoms with van der Waals surface area (Å²) in [6.07, 6.45) is 0.216. The van der Waals surface area contributed by atoms with Gasteiger partial charge >= 0.3 is 6.18 Å². The van der Waals surface area contributed by atoms with E-state index in [0.717, 1.165) is 12.1 Å². The quantitative estimate of drug-likeness (QED) is 0.573. The minimum atomic E-state index is -4.42. The number of pyridine rings is 1. The number of amides is 1. The monoisotopic (exact) mass is 461 g/mol. The molecule has 4 rings (SSSR count). The number of aromatic nitrogens is 3. The highest BCUT2D eigenvalue weighted by atomic mass is 35.5. The molecule has 0 bridgehead atoms. The molecule has 1 saturated heterocycles. The first-order valence-corrected chi connectivity index (χ1v) is 10.3. The van der Waals surface area contributed by atoms with Crippen LogP contribution in [0.4, 0.5) is 19.0 Å². The van der Waals surface area contributed by atoms with E-state index in [4.69, 9.17) is 16.6 Å². The van der Waals surface area contributed by atoms with E-state index < -0.39 is 11.7 Å². The largest absolute Gasteiger partial charge is 0.416 e. The van der Waals surface area contributed by atoms with Crippen LogP contribution in [0.15, 0.2) is 48.9 Å². The predicted molar refractivity (Wildman–Crippen MR) is 115 cm³/mol. The zero-order valence-corrected chi connectivity index (χ0v) is 17.9. The Kier molecular flexibility index (Phi) is 6.01. The number of piperazine rings is 1. The summed E-state index contributed by atoms with van der Waals surface area (Å²) in [5, 5.41) is 0.355. The first-order chi connectivity index (χ1) is 15.2. The zero-order valence-electron chi connectivity index (χ0n) is 17.1. The van der Waals surface area contributed by atoms with Gasteiger partial charge in [0.2, 0.25) is 5.91 Å². The summed E-state index contributed by atoms with van der Waals surface area (Å²) < 4.78 is 38.9. The van der Waals surface area contributed by atoms with Gasteiger partial charge in [-0.15, -0.1) is 0 Å². The van der Waals surface area contributed by atoms with Crippen LogP contribution in [0.3, 0.4) is 0 Å². The second-order valence-corrected chi connectivity index (χ2v) is 7.76. The van der Waals surface area contributed by atoms with Crippen LogP contribution in [-0.2, 0) is 11.0 Å². The minimum absolute atomic E-state index is 0.0256. The maximum atomic E-state index is 13.0. The van der Waals surface area contributed by atoms with Crippen LogP contribution in [0.25, 0.3) is 22.5 Å². The van der Waals surface area contributed by atoms with Crippen molar-refractivity contribution in [1.29, 1.82) is 0 Å². The Labute approximate surface area is 187 Å². The molecule has 1 aliphatic heterocycles. The fraction of sp³-hybridized carbons (Fsp3) is 0.273. The summed E-state index contributed by atoms with van der Waals surface area (Å²) in [6.45, 7) is 3.87. The Bertz CT molecular complexity index is 1130. The first-order valence-electron chi connectivity index (χ1n) is 9.89. The lowest BCUT2D eigenvalue weighted by Crippen LogP contribution is -2.48. The normalized spacial score (nSPS) is 14.5. The van der Waals surface area contributed by atoms with Crippen LogP contribution in [0, 0.1) is 0 Å². The van der Waals surface area contributed by atoms with Crippen LogP contribution in [0.1, 0.15) is 12.5 Å². The molecule has 1 fully saturated rings. The van der Waals surface area contributed by atoms with Crippen LogP contribution >= 0.6 is 11.6 Å². The number of hydrogen-bond donors (Lipinski definition) is 0. The van der Waals surface area contributed by atoms with Crippen molar-refractivity contribution in [2.45, 2.75) is 13.1 Å². The number of benzene rings is 1. The molecule has 0 unspecified atom stereocenters. The van der Waals surface area contributed by atoms with Crippen molar-refractivity contribution in [1.82, 2.24) is 19.9 Å². The van der Waals surface area contributed by atoms with E-state index in [1.165, 1.54) is 25.3 Å². The summed E-state index contributed by atoms with van der Waals surface area (Å²) in [5.74, 6) is 0.629. The predicted octanol–water partition coefficient (Wildman–Crippen LogP) is 4.55. The molecular formula is C22H19ClF3N5O. The minimum Gasteiger partial charge on any atom is -0.352 e. The zero-order chi connectivity index (χ0) is 22.9. The average Bonchev–Trinajstić information content (AvgIpc) is 2.79. The lowest BCUT2D eigenvalue weighted by Gasteiger charge is -2.35. The number of halogens is 4. The number of carbonyl (C=O) groups excluding carboxylic acids is 1. The van der Waals surface area contributed by atoms with Crippen LogP contribution < -0.4 is 4.90 Å². The third kappa shape index (κ3) is 4.52. The third-order valence-corrected chi connectivity index (χ3v) is 5.62. The molecule has 32 heavy (non-hydrogen) atoms. The maximum Gasteiger partial charge on any atom is 0.416 e. The number of rotatable bonds is 3. The summed E-state index contributed by atoms with van der Waals surface area (Å²) >= 11 is 6.36.